The second-order valence-electron chi connectivity index (χ2n) is 4.88. The molecule has 15 heavy (non-hydrogen) atoms. The SMILES string of the molecule is CC1(C(CCl)C2(C)C=CC=C2)C=CC=C1. The quantitative estimate of drug-likeness (QED) is 0.628. The minimum Gasteiger partial charge on any atom is -0.126 e. The predicted octanol–water partition coefficient (Wildman–Crippen LogP) is 4.11. The Morgan fingerprint density at radius 2 is 1.20 bits per heavy atom. The molecule has 0 radical (unpaired) electrons. The topological polar surface area (TPSA) is 0 Å². The molecule has 0 saturated heterocycles. The van der Waals surface area contributed by atoms with Crippen LogP contribution in [0.15, 0.2) is 48.6 Å². The number of alkyl halides is 1. The minimum absolute atomic E-state index is 0.0928. The molecule has 0 aromatic heterocycles. The highest BCUT2D eigenvalue weighted by Crippen LogP contribution is 2.48. The summed E-state index contributed by atoms with van der Waals surface area (Å²) >= 11 is 6.17. The van der Waals surface area contributed by atoms with E-state index >= 15 is 0 Å². The molecule has 0 atom stereocenters. The van der Waals surface area contributed by atoms with Gasteiger partial charge in [-0.1, -0.05) is 62.5 Å². The highest BCUT2D eigenvalue weighted by Gasteiger charge is 2.41. The molecule has 2 aliphatic carbocycles. The van der Waals surface area contributed by atoms with Gasteiger partial charge in [0.1, 0.15) is 0 Å². The summed E-state index contributed by atoms with van der Waals surface area (Å²) in [7, 11) is 0. The van der Waals surface area contributed by atoms with Gasteiger partial charge >= 0.3 is 0 Å². The Kier molecular flexibility index (Phi) is 2.64. The van der Waals surface area contributed by atoms with E-state index in [1.165, 1.54) is 0 Å². The van der Waals surface area contributed by atoms with Crippen LogP contribution in [-0.2, 0) is 0 Å². The van der Waals surface area contributed by atoms with Crippen molar-refractivity contribution in [1.82, 2.24) is 0 Å². The summed E-state index contributed by atoms with van der Waals surface area (Å²) < 4.78 is 0. The molecule has 0 unspecified atom stereocenters. The Morgan fingerprint density at radius 1 is 0.867 bits per heavy atom. The van der Waals surface area contributed by atoms with Gasteiger partial charge in [-0.05, 0) is 5.92 Å². The van der Waals surface area contributed by atoms with E-state index in [-0.39, 0.29) is 10.8 Å². The van der Waals surface area contributed by atoms with Crippen molar-refractivity contribution < 1.29 is 0 Å². The molecule has 0 heterocycles. The summed E-state index contributed by atoms with van der Waals surface area (Å²) in [5.74, 6) is 1.09. The largest absolute Gasteiger partial charge is 0.126 e. The van der Waals surface area contributed by atoms with Gasteiger partial charge in [-0.15, -0.1) is 11.6 Å². The van der Waals surface area contributed by atoms with Gasteiger partial charge < -0.3 is 0 Å². The molecule has 0 amide bonds. The van der Waals surface area contributed by atoms with Crippen LogP contribution in [0.25, 0.3) is 0 Å². The van der Waals surface area contributed by atoms with Crippen molar-refractivity contribution in [3.05, 3.63) is 48.6 Å². The van der Waals surface area contributed by atoms with E-state index in [1.54, 1.807) is 0 Å². The molecule has 1 heteroatoms. The summed E-state index contributed by atoms with van der Waals surface area (Å²) in [4.78, 5) is 0. The van der Waals surface area contributed by atoms with Crippen LogP contribution in [0, 0.1) is 16.7 Å². The van der Waals surface area contributed by atoms with Gasteiger partial charge in [0.05, 0.1) is 0 Å². The summed E-state index contributed by atoms with van der Waals surface area (Å²) in [5, 5.41) is 0. The average Bonchev–Trinajstić information content (AvgIpc) is 2.77. The number of hydrogen-bond donors (Lipinski definition) is 0. The van der Waals surface area contributed by atoms with Crippen molar-refractivity contribution in [2.24, 2.45) is 16.7 Å². The zero-order chi connectivity index (χ0) is 10.9. The molecule has 0 fully saturated rings. The maximum Gasteiger partial charge on any atom is 0.0274 e. The smallest absolute Gasteiger partial charge is 0.0274 e. The fraction of sp³-hybridized carbons (Fsp3) is 0.429. The number of rotatable bonds is 3. The second kappa shape index (κ2) is 3.68. The Morgan fingerprint density at radius 3 is 1.47 bits per heavy atom. The van der Waals surface area contributed by atoms with Gasteiger partial charge in [-0.25, -0.2) is 0 Å². The van der Waals surface area contributed by atoms with E-state index in [0.29, 0.717) is 11.8 Å². The van der Waals surface area contributed by atoms with Crippen LogP contribution in [0.3, 0.4) is 0 Å². The molecule has 0 aromatic carbocycles. The van der Waals surface area contributed by atoms with Gasteiger partial charge in [0.25, 0.3) is 0 Å². The van der Waals surface area contributed by atoms with Crippen molar-refractivity contribution in [2.75, 3.05) is 5.88 Å². The Bertz CT molecular complexity index is 300. The van der Waals surface area contributed by atoms with Gasteiger partial charge in [-0.3, -0.25) is 0 Å². The highest BCUT2D eigenvalue weighted by molar-refractivity contribution is 6.18. The molecule has 0 saturated carbocycles. The van der Waals surface area contributed by atoms with Crippen molar-refractivity contribution in [3.8, 4) is 0 Å². The summed E-state index contributed by atoms with van der Waals surface area (Å²) in [5.41, 5.74) is 0.186. The van der Waals surface area contributed by atoms with Crippen LogP contribution in [-0.4, -0.2) is 5.88 Å². The molecule has 0 aliphatic heterocycles. The maximum absolute atomic E-state index is 6.17. The summed E-state index contributed by atoms with van der Waals surface area (Å²) in [6.45, 7) is 4.51. The van der Waals surface area contributed by atoms with Crippen LogP contribution in [0.4, 0.5) is 0 Å². The molecule has 2 rings (SSSR count). The maximum atomic E-state index is 6.17. The van der Waals surface area contributed by atoms with Crippen molar-refractivity contribution in [3.63, 3.8) is 0 Å². The zero-order valence-corrected chi connectivity index (χ0v) is 10.0. The van der Waals surface area contributed by atoms with Crippen LogP contribution >= 0.6 is 11.6 Å². The fourth-order valence-electron chi connectivity index (χ4n) is 2.63. The van der Waals surface area contributed by atoms with Gasteiger partial charge in [0, 0.05) is 16.7 Å². The lowest BCUT2D eigenvalue weighted by Gasteiger charge is -2.40. The van der Waals surface area contributed by atoms with Crippen molar-refractivity contribution in [2.45, 2.75) is 13.8 Å². The van der Waals surface area contributed by atoms with E-state index in [9.17, 15) is 0 Å². The monoisotopic (exact) mass is 220 g/mol. The van der Waals surface area contributed by atoms with Gasteiger partial charge in [0.15, 0.2) is 0 Å². The third-order valence-corrected chi connectivity index (χ3v) is 4.01. The number of halogens is 1. The molecule has 0 N–H and O–H groups in total. The Hall–Kier alpha value is -0.750. The minimum atomic E-state index is 0.0928. The Balaban J connectivity index is 2.32. The number of allylic oxidation sites excluding steroid dienone is 8. The third-order valence-electron chi connectivity index (χ3n) is 3.70. The van der Waals surface area contributed by atoms with E-state index in [2.05, 4.69) is 62.5 Å². The first kappa shape index (κ1) is 10.8. The molecule has 0 nitrogen and oxygen atoms in total. The predicted molar refractivity (Wildman–Crippen MR) is 67.0 cm³/mol. The average molecular weight is 221 g/mol. The normalized spacial score (nSPS) is 24.5. The van der Waals surface area contributed by atoms with Crippen LogP contribution < -0.4 is 0 Å². The first-order chi connectivity index (χ1) is 7.11. The van der Waals surface area contributed by atoms with Crippen LogP contribution in [0.1, 0.15) is 13.8 Å². The molecule has 80 valence electrons. The lowest BCUT2D eigenvalue weighted by atomic mass is 9.65. The molecule has 2 aliphatic rings. The molecule has 0 aromatic rings. The molecular weight excluding hydrogens is 204 g/mol. The van der Waals surface area contributed by atoms with E-state index in [0.717, 1.165) is 0 Å². The second-order valence-corrected chi connectivity index (χ2v) is 5.18. The number of hydrogen-bond acceptors (Lipinski definition) is 0. The van der Waals surface area contributed by atoms with E-state index < -0.39 is 0 Å². The molecule has 0 spiro atoms. The first-order valence-electron chi connectivity index (χ1n) is 5.41. The first-order valence-corrected chi connectivity index (χ1v) is 5.94. The van der Waals surface area contributed by atoms with Gasteiger partial charge in [-0.2, -0.15) is 0 Å². The zero-order valence-electron chi connectivity index (χ0n) is 9.28. The van der Waals surface area contributed by atoms with E-state index in [4.69, 9.17) is 11.6 Å². The third kappa shape index (κ3) is 1.72. The van der Waals surface area contributed by atoms with Crippen molar-refractivity contribution in [1.29, 1.82) is 0 Å². The highest BCUT2D eigenvalue weighted by atomic mass is 35.5. The molecule has 0 bridgehead atoms. The summed E-state index contributed by atoms with van der Waals surface area (Å²) in [6.07, 6.45) is 17.5. The Labute approximate surface area is 97.0 Å². The molecular formula is C14H17Cl. The lowest BCUT2D eigenvalue weighted by molar-refractivity contribution is 0.234. The summed E-state index contributed by atoms with van der Waals surface area (Å²) in [6, 6.07) is 0. The lowest BCUT2D eigenvalue weighted by Crippen LogP contribution is -2.35. The standard InChI is InChI=1S/C14H17Cl/c1-13(7-3-4-8-13)12(11-15)14(2)9-5-6-10-14/h3-10,12H,11H2,1-2H3. The van der Waals surface area contributed by atoms with Crippen molar-refractivity contribution >= 4 is 11.6 Å². The fourth-order valence-corrected chi connectivity index (χ4v) is 3.29. The van der Waals surface area contributed by atoms with Gasteiger partial charge in [0.2, 0.25) is 0 Å². The van der Waals surface area contributed by atoms with Crippen LogP contribution in [0.5, 0.6) is 0 Å². The van der Waals surface area contributed by atoms with Crippen LogP contribution in [0.2, 0.25) is 0 Å². The van der Waals surface area contributed by atoms with E-state index in [1.807, 2.05) is 0 Å².